The van der Waals surface area contributed by atoms with Gasteiger partial charge in [0, 0.05) is 17.1 Å². The number of hydrogen-bond acceptors (Lipinski definition) is 3. The fourth-order valence-electron chi connectivity index (χ4n) is 0.982. The first-order valence-corrected chi connectivity index (χ1v) is 5.14. The van der Waals surface area contributed by atoms with E-state index in [1.165, 1.54) is 0 Å². The van der Waals surface area contributed by atoms with Crippen molar-refractivity contribution in [3.63, 3.8) is 0 Å². The van der Waals surface area contributed by atoms with E-state index in [1.807, 2.05) is 6.92 Å². The van der Waals surface area contributed by atoms with Gasteiger partial charge in [-0.15, -0.1) is 17.5 Å². The molecule has 0 heterocycles. The average molecular weight is 277 g/mol. The van der Waals surface area contributed by atoms with Crippen LogP contribution in [-0.2, 0) is 0 Å². The van der Waals surface area contributed by atoms with E-state index in [0.29, 0.717) is 17.1 Å². The van der Waals surface area contributed by atoms with E-state index in [9.17, 15) is 4.79 Å². The van der Waals surface area contributed by atoms with Crippen LogP contribution in [-0.4, -0.2) is 18.4 Å². The molecule has 0 aliphatic carbocycles. The lowest BCUT2D eigenvalue weighted by atomic mass is 10.2. The van der Waals surface area contributed by atoms with Gasteiger partial charge in [-0.1, -0.05) is 11.6 Å². The molecule has 0 unspecified atom stereocenters. The fraction of sp³-hybridized carbons (Fsp3) is 0.200. The number of hydrogen-bond donors (Lipinski definition) is 3. The Bertz CT molecular complexity index is 392. The lowest BCUT2D eigenvalue weighted by Gasteiger charge is -2.04. The molecule has 0 saturated heterocycles. The number of rotatable bonds is 3. The van der Waals surface area contributed by atoms with Crippen LogP contribution in [0.5, 0.6) is 0 Å². The number of nitrogens with two attached hydrogens (primary N) is 1. The van der Waals surface area contributed by atoms with Crippen molar-refractivity contribution in [2.45, 2.75) is 6.92 Å². The molecule has 0 fully saturated rings. The lowest BCUT2D eigenvalue weighted by molar-refractivity contribution is 0.0976. The van der Waals surface area contributed by atoms with Crippen LogP contribution in [0.2, 0.25) is 5.02 Å². The molecule has 0 saturated carbocycles. The van der Waals surface area contributed by atoms with Crippen LogP contribution in [0.4, 0.5) is 0 Å². The zero-order valence-corrected chi connectivity index (χ0v) is 10.8. The largest absolute Gasteiger partial charge is 0.368 e. The Balaban J connectivity index is 0.00000256. The van der Waals surface area contributed by atoms with Crippen LogP contribution in [0.3, 0.4) is 0 Å². The third kappa shape index (κ3) is 5.42. The number of guanidine groups is 1. The second-order valence-corrected chi connectivity index (χ2v) is 3.41. The van der Waals surface area contributed by atoms with Gasteiger partial charge in [-0.2, -0.15) is 0 Å². The quantitative estimate of drug-likeness (QED) is 0.443. The minimum absolute atomic E-state index is 0. The molecule has 94 valence electrons. The topological polar surface area (TPSA) is 79.5 Å². The average Bonchev–Trinajstić information content (AvgIpc) is 2.27. The summed E-state index contributed by atoms with van der Waals surface area (Å²) in [5.41, 5.74) is 8.57. The number of nitrogens with zero attached hydrogens (tertiary/aromatic N) is 1. The monoisotopic (exact) mass is 276 g/mol. The Hall–Kier alpha value is -1.46. The van der Waals surface area contributed by atoms with Crippen molar-refractivity contribution in [2.75, 3.05) is 6.54 Å². The molecule has 0 atom stereocenters. The van der Waals surface area contributed by atoms with E-state index >= 15 is 0 Å². The molecule has 0 aromatic heterocycles. The number of hydrazone groups is 1. The van der Waals surface area contributed by atoms with Crippen LogP contribution in [0.1, 0.15) is 17.3 Å². The highest BCUT2D eigenvalue weighted by atomic mass is 35.5. The lowest BCUT2D eigenvalue weighted by Crippen LogP contribution is -2.38. The van der Waals surface area contributed by atoms with Crippen molar-refractivity contribution in [2.24, 2.45) is 10.8 Å². The zero-order chi connectivity index (χ0) is 12.0. The molecule has 0 aliphatic rings. The van der Waals surface area contributed by atoms with Gasteiger partial charge >= 0.3 is 0 Å². The third-order valence-electron chi connectivity index (χ3n) is 1.71. The van der Waals surface area contributed by atoms with E-state index in [4.69, 9.17) is 17.3 Å². The summed E-state index contributed by atoms with van der Waals surface area (Å²) in [5.74, 6) is -0.294. The van der Waals surface area contributed by atoms with E-state index in [1.54, 1.807) is 24.3 Å². The van der Waals surface area contributed by atoms with Crippen molar-refractivity contribution >= 4 is 35.9 Å². The number of amides is 1. The Morgan fingerprint density at radius 3 is 2.53 bits per heavy atom. The number of halogens is 2. The summed E-state index contributed by atoms with van der Waals surface area (Å²) >= 11 is 5.70. The zero-order valence-electron chi connectivity index (χ0n) is 9.24. The molecule has 0 bridgehead atoms. The predicted molar refractivity (Wildman–Crippen MR) is 71.5 cm³/mol. The van der Waals surface area contributed by atoms with Gasteiger partial charge < -0.3 is 11.2 Å². The molecular formula is C10H14Cl2N4O. The molecule has 0 aliphatic heterocycles. The second kappa shape index (κ2) is 7.76. The van der Waals surface area contributed by atoms with Crippen LogP contribution < -0.4 is 16.5 Å². The number of nitrogens with one attached hydrogen (secondary N) is 2. The van der Waals surface area contributed by atoms with Crippen LogP contribution in [0, 0.1) is 0 Å². The van der Waals surface area contributed by atoms with E-state index < -0.39 is 0 Å². The van der Waals surface area contributed by atoms with Crippen molar-refractivity contribution in [3.05, 3.63) is 34.9 Å². The minimum atomic E-state index is -0.323. The maximum Gasteiger partial charge on any atom is 0.257 e. The smallest absolute Gasteiger partial charge is 0.257 e. The molecule has 1 aromatic carbocycles. The van der Waals surface area contributed by atoms with Crippen LogP contribution in [0.25, 0.3) is 0 Å². The molecule has 7 heteroatoms. The van der Waals surface area contributed by atoms with Gasteiger partial charge in [-0.25, -0.2) is 0 Å². The molecule has 4 N–H and O–H groups in total. The highest BCUT2D eigenvalue weighted by Gasteiger charge is 2.05. The van der Waals surface area contributed by atoms with Crippen molar-refractivity contribution < 1.29 is 4.79 Å². The van der Waals surface area contributed by atoms with E-state index in [-0.39, 0.29) is 24.3 Å². The molecule has 1 rings (SSSR count). The van der Waals surface area contributed by atoms with Crippen molar-refractivity contribution in [1.82, 2.24) is 10.7 Å². The first-order chi connectivity index (χ1) is 7.63. The predicted octanol–water partition coefficient (Wildman–Crippen LogP) is 1.33. The van der Waals surface area contributed by atoms with Crippen molar-refractivity contribution in [3.8, 4) is 0 Å². The molecule has 0 spiro atoms. The summed E-state index contributed by atoms with van der Waals surface area (Å²) in [6.07, 6.45) is 0. The van der Waals surface area contributed by atoms with E-state index in [0.717, 1.165) is 0 Å². The van der Waals surface area contributed by atoms with Gasteiger partial charge in [-0.05, 0) is 31.2 Å². The number of carbonyl (C=O) groups excluding carboxylic acids is 1. The second-order valence-electron chi connectivity index (χ2n) is 2.97. The highest BCUT2D eigenvalue weighted by molar-refractivity contribution is 6.30. The van der Waals surface area contributed by atoms with Gasteiger partial charge in [0.25, 0.3) is 5.91 Å². The Morgan fingerprint density at radius 1 is 1.41 bits per heavy atom. The summed E-state index contributed by atoms with van der Waals surface area (Å²) in [6.45, 7) is 2.51. The van der Waals surface area contributed by atoms with Gasteiger partial charge in [-0.3, -0.25) is 10.1 Å². The molecule has 1 aromatic rings. The van der Waals surface area contributed by atoms with Gasteiger partial charge in [0.05, 0.1) is 0 Å². The maximum atomic E-state index is 11.6. The SMILES string of the molecule is CCN/N=C(\N)NC(=O)c1ccc(Cl)cc1.Cl. The van der Waals surface area contributed by atoms with Crippen LogP contribution >= 0.6 is 24.0 Å². The summed E-state index contributed by atoms with van der Waals surface area (Å²) < 4.78 is 0. The van der Waals surface area contributed by atoms with Gasteiger partial charge in [0.2, 0.25) is 5.96 Å². The number of benzene rings is 1. The Labute approximate surface area is 111 Å². The normalized spacial score (nSPS) is 10.4. The Kier molecular flexibility index (Phi) is 7.09. The minimum Gasteiger partial charge on any atom is -0.368 e. The van der Waals surface area contributed by atoms with Gasteiger partial charge in [0.1, 0.15) is 0 Å². The van der Waals surface area contributed by atoms with Gasteiger partial charge in [0.15, 0.2) is 0 Å². The first-order valence-electron chi connectivity index (χ1n) is 4.76. The van der Waals surface area contributed by atoms with E-state index in [2.05, 4.69) is 15.8 Å². The first kappa shape index (κ1) is 15.5. The van der Waals surface area contributed by atoms with Crippen LogP contribution in [0.15, 0.2) is 29.4 Å². The standard InChI is InChI=1S/C10H13ClN4O.ClH/c1-2-13-15-10(12)14-9(16)7-3-5-8(11)6-4-7;/h3-6,13H,2H2,1H3,(H3,12,14,15,16);1H. The summed E-state index contributed by atoms with van der Waals surface area (Å²) in [4.78, 5) is 11.6. The molecule has 0 radical (unpaired) electrons. The maximum absolute atomic E-state index is 11.6. The Morgan fingerprint density at radius 2 is 2.00 bits per heavy atom. The van der Waals surface area contributed by atoms with Crippen molar-refractivity contribution in [1.29, 1.82) is 0 Å². The fourth-order valence-corrected chi connectivity index (χ4v) is 1.11. The third-order valence-corrected chi connectivity index (χ3v) is 1.96. The number of carbonyl (C=O) groups is 1. The molecule has 1 amide bonds. The summed E-state index contributed by atoms with van der Waals surface area (Å²) in [6, 6.07) is 6.48. The molecule has 5 nitrogen and oxygen atoms in total. The summed E-state index contributed by atoms with van der Waals surface area (Å²) in [7, 11) is 0. The molecular weight excluding hydrogens is 263 g/mol. The highest BCUT2D eigenvalue weighted by Crippen LogP contribution is 2.08. The summed E-state index contributed by atoms with van der Waals surface area (Å²) in [5, 5.41) is 6.72. The molecule has 17 heavy (non-hydrogen) atoms.